The molecule has 0 spiro atoms. The summed E-state index contributed by atoms with van der Waals surface area (Å²) in [5.74, 6) is -1.91. The molecule has 0 aliphatic heterocycles. The summed E-state index contributed by atoms with van der Waals surface area (Å²) in [6.45, 7) is 6.44. The second kappa shape index (κ2) is 18.6. The van der Waals surface area contributed by atoms with Crippen molar-refractivity contribution in [1.29, 1.82) is 0 Å². The fraction of sp³-hybridized carbons (Fsp3) is 0.885. The van der Waals surface area contributed by atoms with Gasteiger partial charge in [0, 0.05) is 12.8 Å². The first-order chi connectivity index (χ1) is 14.5. The number of carboxylic acids is 1. The van der Waals surface area contributed by atoms with Crippen LogP contribution in [0.25, 0.3) is 0 Å². The maximum atomic E-state index is 13.1. The Labute approximate surface area is 185 Å². The summed E-state index contributed by atoms with van der Waals surface area (Å²) < 4.78 is 0. The smallest absolute Gasteiger partial charge is 0.324 e. The third-order valence-corrected chi connectivity index (χ3v) is 6.24. The van der Waals surface area contributed by atoms with Crippen molar-refractivity contribution in [2.45, 2.75) is 143 Å². The van der Waals surface area contributed by atoms with E-state index in [1.54, 1.807) is 0 Å². The molecule has 0 saturated carbocycles. The zero-order valence-corrected chi connectivity index (χ0v) is 20.1. The molecule has 0 aromatic carbocycles. The van der Waals surface area contributed by atoms with E-state index in [1.165, 1.54) is 6.42 Å². The quantitative estimate of drug-likeness (QED) is 0.143. The molecule has 0 saturated heterocycles. The normalized spacial score (nSPS) is 11.6. The molecule has 176 valence electrons. The molecule has 4 nitrogen and oxygen atoms in total. The van der Waals surface area contributed by atoms with Crippen molar-refractivity contribution in [3.05, 3.63) is 0 Å². The van der Waals surface area contributed by atoms with Gasteiger partial charge in [-0.2, -0.15) is 0 Å². The van der Waals surface area contributed by atoms with Crippen LogP contribution >= 0.6 is 0 Å². The Morgan fingerprint density at radius 2 is 0.867 bits per heavy atom. The van der Waals surface area contributed by atoms with Crippen molar-refractivity contribution in [2.24, 2.45) is 5.41 Å². The third kappa shape index (κ3) is 11.3. The highest BCUT2D eigenvalue weighted by Gasteiger charge is 2.50. The summed E-state index contributed by atoms with van der Waals surface area (Å²) >= 11 is 0. The SMILES string of the molecule is CCCCCCCCC(C(=O)O)(C(=O)CCCCCCC)C(=O)CCCCCCC. The number of rotatable bonds is 22. The maximum absolute atomic E-state index is 13.1. The highest BCUT2D eigenvalue weighted by molar-refractivity contribution is 6.21. The molecular formula is C26H48O4. The molecule has 0 aliphatic rings. The number of carbonyl (C=O) groups is 3. The number of hydrogen-bond donors (Lipinski definition) is 1. The lowest BCUT2D eigenvalue weighted by molar-refractivity contribution is -0.160. The Balaban J connectivity index is 5.02. The third-order valence-electron chi connectivity index (χ3n) is 6.24. The van der Waals surface area contributed by atoms with Crippen LogP contribution < -0.4 is 0 Å². The van der Waals surface area contributed by atoms with Crippen LogP contribution in [0, 0.1) is 5.41 Å². The van der Waals surface area contributed by atoms with Gasteiger partial charge in [0.1, 0.15) is 0 Å². The lowest BCUT2D eigenvalue weighted by Crippen LogP contribution is -2.46. The van der Waals surface area contributed by atoms with Crippen LogP contribution in [0.2, 0.25) is 0 Å². The molecule has 0 rings (SSSR count). The van der Waals surface area contributed by atoms with Crippen molar-refractivity contribution in [2.75, 3.05) is 0 Å². The molecule has 0 amide bonds. The van der Waals surface area contributed by atoms with Crippen molar-refractivity contribution < 1.29 is 19.5 Å². The summed E-state index contributed by atoms with van der Waals surface area (Å²) in [6.07, 6.45) is 16.5. The van der Waals surface area contributed by atoms with Crippen LogP contribution in [-0.4, -0.2) is 22.6 Å². The molecule has 0 radical (unpaired) electrons. The predicted molar refractivity (Wildman–Crippen MR) is 125 cm³/mol. The average Bonchev–Trinajstić information content (AvgIpc) is 2.72. The van der Waals surface area contributed by atoms with Crippen molar-refractivity contribution in [3.8, 4) is 0 Å². The Bertz CT molecular complexity index is 444. The zero-order valence-electron chi connectivity index (χ0n) is 20.1. The number of carboxylic acid groups (broad SMARTS) is 1. The first-order valence-electron chi connectivity index (χ1n) is 12.8. The van der Waals surface area contributed by atoms with Gasteiger partial charge in [0.05, 0.1) is 0 Å². The van der Waals surface area contributed by atoms with Gasteiger partial charge in [0.15, 0.2) is 17.0 Å². The van der Waals surface area contributed by atoms with Crippen LogP contribution in [0.15, 0.2) is 0 Å². The number of hydrogen-bond acceptors (Lipinski definition) is 3. The summed E-state index contributed by atoms with van der Waals surface area (Å²) in [6, 6.07) is 0. The van der Waals surface area contributed by atoms with Crippen LogP contribution in [0.1, 0.15) is 143 Å². The molecule has 0 aliphatic carbocycles. The zero-order chi connectivity index (χ0) is 22.7. The first-order valence-corrected chi connectivity index (χ1v) is 12.8. The molecule has 0 bridgehead atoms. The van der Waals surface area contributed by atoms with Gasteiger partial charge in [0.25, 0.3) is 0 Å². The summed E-state index contributed by atoms with van der Waals surface area (Å²) in [5.41, 5.74) is -1.81. The molecular weight excluding hydrogens is 376 g/mol. The van der Waals surface area contributed by atoms with Gasteiger partial charge < -0.3 is 5.11 Å². The monoisotopic (exact) mass is 424 g/mol. The van der Waals surface area contributed by atoms with E-state index < -0.39 is 11.4 Å². The Morgan fingerprint density at radius 3 is 1.23 bits per heavy atom. The Kier molecular flexibility index (Phi) is 17.8. The summed E-state index contributed by atoms with van der Waals surface area (Å²) in [4.78, 5) is 38.5. The van der Waals surface area contributed by atoms with E-state index in [-0.39, 0.29) is 30.8 Å². The summed E-state index contributed by atoms with van der Waals surface area (Å²) in [7, 11) is 0. The van der Waals surface area contributed by atoms with Gasteiger partial charge in [-0.25, -0.2) is 0 Å². The fourth-order valence-electron chi connectivity index (χ4n) is 4.16. The van der Waals surface area contributed by atoms with Gasteiger partial charge in [-0.1, -0.05) is 111 Å². The minimum absolute atomic E-state index is 0.177. The fourth-order valence-corrected chi connectivity index (χ4v) is 4.16. The standard InChI is InChI=1S/C26H48O4/c1-4-7-10-13-16-19-22-26(25(29)30,23(27)20-17-14-11-8-5-2)24(28)21-18-15-12-9-6-3/h4-22H2,1-3H3,(H,29,30). The van der Waals surface area contributed by atoms with Crippen LogP contribution in [0.4, 0.5) is 0 Å². The molecule has 4 heteroatoms. The molecule has 0 atom stereocenters. The molecule has 0 fully saturated rings. The topological polar surface area (TPSA) is 71.4 Å². The van der Waals surface area contributed by atoms with Crippen LogP contribution in [0.5, 0.6) is 0 Å². The summed E-state index contributed by atoms with van der Waals surface area (Å²) in [5, 5.41) is 10.0. The molecule has 0 heterocycles. The molecule has 30 heavy (non-hydrogen) atoms. The minimum Gasteiger partial charge on any atom is -0.480 e. The minimum atomic E-state index is -1.81. The highest BCUT2D eigenvalue weighted by Crippen LogP contribution is 2.33. The maximum Gasteiger partial charge on any atom is 0.324 e. The highest BCUT2D eigenvalue weighted by atomic mass is 16.4. The number of aliphatic carboxylic acids is 1. The van der Waals surface area contributed by atoms with Gasteiger partial charge in [-0.3, -0.25) is 14.4 Å². The van der Waals surface area contributed by atoms with E-state index in [0.29, 0.717) is 19.3 Å². The van der Waals surface area contributed by atoms with E-state index in [4.69, 9.17) is 0 Å². The van der Waals surface area contributed by atoms with E-state index in [9.17, 15) is 19.5 Å². The second-order valence-electron chi connectivity index (χ2n) is 8.90. The largest absolute Gasteiger partial charge is 0.480 e. The molecule has 0 aromatic heterocycles. The second-order valence-corrected chi connectivity index (χ2v) is 8.90. The van der Waals surface area contributed by atoms with Gasteiger partial charge in [0.2, 0.25) is 0 Å². The Hall–Kier alpha value is -1.19. The van der Waals surface area contributed by atoms with Crippen LogP contribution in [-0.2, 0) is 14.4 Å². The number of unbranched alkanes of at least 4 members (excludes halogenated alkanes) is 13. The van der Waals surface area contributed by atoms with E-state index in [1.807, 2.05) is 0 Å². The van der Waals surface area contributed by atoms with E-state index in [2.05, 4.69) is 20.8 Å². The van der Waals surface area contributed by atoms with Gasteiger partial charge >= 0.3 is 5.97 Å². The van der Waals surface area contributed by atoms with Gasteiger partial charge in [-0.05, 0) is 19.3 Å². The number of ketones is 2. The van der Waals surface area contributed by atoms with Crippen molar-refractivity contribution >= 4 is 17.5 Å². The van der Waals surface area contributed by atoms with Gasteiger partial charge in [-0.15, -0.1) is 0 Å². The average molecular weight is 425 g/mol. The lowest BCUT2D eigenvalue weighted by Gasteiger charge is -2.27. The first kappa shape index (κ1) is 28.8. The number of Topliss-reactive ketones (excluding diaryl/α,β-unsaturated/α-hetero) is 2. The lowest BCUT2D eigenvalue weighted by atomic mass is 9.72. The molecule has 1 N–H and O–H groups in total. The van der Waals surface area contributed by atoms with Crippen LogP contribution in [0.3, 0.4) is 0 Å². The van der Waals surface area contributed by atoms with E-state index in [0.717, 1.165) is 77.0 Å². The Morgan fingerprint density at radius 1 is 0.533 bits per heavy atom. The predicted octanol–water partition coefficient (Wildman–Crippen LogP) is 7.67. The molecule has 0 aromatic rings. The van der Waals surface area contributed by atoms with E-state index >= 15 is 0 Å². The molecule has 0 unspecified atom stereocenters. The number of carbonyl (C=O) groups excluding carboxylic acids is 2. The van der Waals surface area contributed by atoms with Crippen molar-refractivity contribution in [3.63, 3.8) is 0 Å². The van der Waals surface area contributed by atoms with Crippen molar-refractivity contribution in [1.82, 2.24) is 0 Å².